The van der Waals surface area contributed by atoms with Gasteiger partial charge in [-0.1, -0.05) is 20.3 Å². The molecule has 0 aliphatic carbocycles. The predicted octanol–water partition coefficient (Wildman–Crippen LogP) is 3.29. The summed E-state index contributed by atoms with van der Waals surface area (Å²) in [5.41, 5.74) is 0. The van der Waals surface area contributed by atoms with E-state index in [1.165, 1.54) is 71.1 Å². The molecule has 2 rings (SSSR count). The maximum atomic E-state index is 2.74. The highest BCUT2D eigenvalue weighted by Crippen LogP contribution is 2.34. The van der Waals surface area contributed by atoms with Gasteiger partial charge in [0.25, 0.3) is 0 Å². The van der Waals surface area contributed by atoms with Crippen molar-refractivity contribution in [3.05, 3.63) is 6.04 Å². The Morgan fingerprint density at radius 1 is 1.00 bits per heavy atom. The molecule has 0 amide bonds. The Balaban J connectivity index is 1.97. The molecule has 99 valence electrons. The summed E-state index contributed by atoms with van der Waals surface area (Å²) in [6.07, 6.45) is 9.62. The van der Waals surface area contributed by atoms with Crippen LogP contribution < -0.4 is 0 Å². The Morgan fingerprint density at radius 3 is 2.59 bits per heavy atom. The fraction of sp³-hybridized carbons (Fsp3) is 0.933. The van der Waals surface area contributed by atoms with E-state index in [4.69, 9.17) is 0 Å². The number of likely N-dealkylation sites (tertiary alicyclic amines) is 2. The Hall–Kier alpha value is -0.0800. The molecule has 1 radical (unpaired) electrons. The Kier molecular flexibility index (Phi) is 5.30. The molecule has 2 nitrogen and oxygen atoms in total. The Labute approximate surface area is 107 Å². The average Bonchev–Trinajstić information content (AvgIpc) is 2.79. The van der Waals surface area contributed by atoms with E-state index in [0.29, 0.717) is 0 Å². The van der Waals surface area contributed by atoms with Gasteiger partial charge >= 0.3 is 0 Å². The van der Waals surface area contributed by atoms with Gasteiger partial charge in [0, 0.05) is 6.04 Å². The highest BCUT2D eigenvalue weighted by Gasteiger charge is 2.36. The van der Waals surface area contributed by atoms with Crippen molar-refractivity contribution in [3.63, 3.8) is 0 Å². The molecule has 2 saturated heterocycles. The molecule has 1 unspecified atom stereocenters. The van der Waals surface area contributed by atoms with E-state index in [1.807, 2.05) is 0 Å². The van der Waals surface area contributed by atoms with E-state index >= 15 is 0 Å². The third-order valence-corrected chi connectivity index (χ3v) is 4.27. The molecule has 2 aliphatic heterocycles. The smallest absolute Gasteiger partial charge is 0.0564 e. The topological polar surface area (TPSA) is 6.48 Å². The van der Waals surface area contributed by atoms with Crippen LogP contribution in [0, 0.1) is 6.04 Å². The molecule has 1 atom stereocenters. The summed E-state index contributed by atoms with van der Waals surface area (Å²) in [4.78, 5) is 5.45. The van der Waals surface area contributed by atoms with Crippen LogP contribution in [0.2, 0.25) is 0 Å². The number of nitrogens with zero attached hydrogens (tertiary/aromatic N) is 2. The van der Waals surface area contributed by atoms with Crippen LogP contribution in [0.5, 0.6) is 0 Å². The van der Waals surface area contributed by atoms with E-state index < -0.39 is 0 Å². The van der Waals surface area contributed by atoms with Crippen molar-refractivity contribution in [1.82, 2.24) is 9.80 Å². The van der Waals surface area contributed by atoms with Crippen molar-refractivity contribution in [2.24, 2.45) is 0 Å². The third-order valence-electron chi connectivity index (χ3n) is 4.27. The van der Waals surface area contributed by atoms with Gasteiger partial charge in [0.1, 0.15) is 0 Å². The lowest BCUT2D eigenvalue weighted by Crippen LogP contribution is -2.46. The second-order valence-electron chi connectivity index (χ2n) is 5.63. The zero-order valence-corrected chi connectivity index (χ0v) is 11.7. The largest absolute Gasteiger partial charge is 0.298 e. The third kappa shape index (κ3) is 3.23. The first-order valence-electron chi connectivity index (χ1n) is 7.71. The molecule has 0 aromatic rings. The highest BCUT2D eigenvalue weighted by molar-refractivity contribution is 5.05. The lowest BCUT2D eigenvalue weighted by Gasteiger charge is -2.41. The van der Waals surface area contributed by atoms with Crippen LogP contribution >= 0.6 is 0 Å². The number of hydrogen-bond acceptors (Lipinski definition) is 2. The van der Waals surface area contributed by atoms with Gasteiger partial charge in [-0.05, 0) is 64.7 Å². The number of rotatable bonds is 5. The standard InChI is InChI=1S/C15H29N2/c1-3-10-16-12-6-5-8-14(16)15-9-7-13-17(15)11-4-2/h15H,3-13H2,1-2H3. The van der Waals surface area contributed by atoms with Gasteiger partial charge in [-0.2, -0.15) is 0 Å². The van der Waals surface area contributed by atoms with Crippen molar-refractivity contribution in [2.45, 2.75) is 64.8 Å². The molecule has 2 aliphatic rings. The first-order valence-corrected chi connectivity index (χ1v) is 7.71. The van der Waals surface area contributed by atoms with Crippen molar-refractivity contribution in [3.8, 4) is 0 Å². The monoisotopic (exact) mass is 237 g/mol. The van der Waals surface area contributed by atoms with Crippen molar-refractivity contribution < 1.29 is 0 Å². The lowest BCUT2D eigenvalue weighted by atomic mass is 9.93. The Bertz CT molecular complexity index is 215. The fourth-order valence-electron chi connectivity index (χ4n) is 3.57. The summed E-state index contributed by atoms with van der Waals surface area (Å²) in [6.45, 7) is 9.86. The Morgan fingerprint density at radius 2 is 1.82 bits per heavy atom. The van der Waals surface area contributed by atoms with Gasteiger partial charge in [0.2, 0.25) is 0 Å². The fourth-order valence-corrected chi connectivity index (χ4v) is 3.57. The summed E-state index contributed by atoms with van der Waals surface area (Å²) in [5, 5.41) is 0. The molecule has 0 aromatic heterocycles. The van der Waals surface area contributed by atoms with Crippen LogP contribution in [0.25, 0.3) is 0 Å². The summed E-state index contributed by atoms with van der Waals surface area (Å²) in [5.74, 6) is 0. The maximum absolute atomic E-state index is 2.74. The van der Waals surface area contributed by atoms with Crippen LogP contribution in [0.4, 0.5) is 0 Å². The first kappa shape index (κ1) is 13.4. The van der Waals surface area contributed by atoms with Crippen molar-refractivity contribution in [2.75, 3.05) is 26.2 Å². The molecule has 0 spiro atoms. The van der Waals surface area contributed by atoms with Crippen molar-refractivity contribution >= 4 is 0 Å². The zero-order valence-electron chi connectivity index (χ0n) is 11.7. The molecule has 2 heteroatoms. The van der Waals surface area contributed by atoms with Gasteiger partial charge in [0.15, 0.2) is 0 Å². The zero-order chi connectivity index (χ0) is 12.1. The molecule has 0 saturated carbocycles. The highest BCUT2D eigenvalue weighted by atomic mass is 15.3. The van der Waals surface area contributed by atoms with E-state index in [1.54, 1.807) is 6.04 Å². The second kappa shape index (κ2) is 6.75. The van der Waals surface area contributed by atoms with Crippen LogP contribution in [0.3, 0.4) is 0 Å². The van der Waals surface area contributed by atoms with Crippen molar-refractivity contribution in [1.29, 1.82) is 0 Å². The minimum absolute atomic E-state index is 0.793. The summed E-state index contributed by atoms with van der Waals surface area (Å²) in [6, 6.07) is 2.57. The van der Waals surface area contributed by atoms with Gasteiger partial charge in [0.05, 0.1) is 6.04 Å². The molecule has 0 bridgehead atoms. The van der Waals surface area contributed by atoms with Gasteiger partial charge in [-0.3, -0.25) is 9.80 Å². The molecule has 2 fully saturated rings. The number of piperidine rings is 1. The summed E-state index contributed by atoms with van der Waals surface area (Å²) >= 11 is 0. The molecule has 0 N–H and O–H groups in total. The SMILES string of the molecule is CCCN1CCCC[C]1C1CCCN1CCC. The first-order chi connectivity index (χ1) is 8.36. The molecular formula is C15H29N2. The van der Waals surface area contributed by atoms with Crippen LogP contribution in [-0.2, 0) is 0 Å². The van der Waals surface area contributed by atoms with E-state index in [2.05, 4.69) is 23.6 Å². The minimum Gasteiger partial charge on any atom is -0.298 e. The van der Waals surface area contributed by atoms with Crippen LogP contribution in [0.1, 0.15) is 58.8 Å². The van der Waals surface area contributed by atoms with E-state index in [9.17, 15) is 0 Å². The van der Waals surface area contributed by atoms with Gasteiger partial charge < -0.3 is 0 Å². The summed E-state index contributed by atoms with van der Waals surface area (Å²) < 4.78 is 0. The molecule has 17 heavy (non-hydrogen) atoms. The van der Waals surface area contributed by atoms with Crippen LogP contribution in [-0.4, -0.2) is 42.0 Å². The quantitative estimate of drug-likeness (QED) is 0.724. The van der Waals surface area contributed by atoms with Gasteiger partial charge in [-0.25, -0.2) is 0 Å². The predicted molar refractivity (Wildman–Crippen MR) is 73.8 cm³/mol. The lowest BCUT2D eigenvalue weighted by molar-refractivity contribution is 0.144. The number of hydrogen-bond donors (Lipinski definition) is 0. The summed E-state index contributed by atoms with van der Waals surface area (Å²) in [7, 11) is 0. The van der Waals surface area contributed by atoms with Crippen LogP contribution in [0.15, 0.2) is 0 Å². The normalized spacial score (nSPS) is 28.9. The van der Waals surface area contributed by atoms with Gasteiger partial charge in [-0.15, -0.1) is 0 Å². The minimum atomic E-state index is 0.793. The second-order valence-corrected chi connectivity index (χ2v) is 5.63. The maximum Gasteiger partial charge on any atom is 0.0564 e. The van der Waals surface area contributed by atoms with E-state index in [-0.39, 0.29) is 0 Å². The average molecular weight is 237 g/mol. The van der Waals surface area contributed by atoms with E-state index in [0.717, 1.165) is 6.04 Å². The molecular weight excluding hydrogens is 208 g/mol. The molecule has 2 heterocycles. The molecule has 0 aromatic carbocycles.